The Balaban J connectivity index is 1.64. The van der Waals surface area contributed by atoms with E-state index in [0.29, 0.717) is 11.1 Å². The largest absolute Gasteiger partial charge is 0.494 e. The number of nitrogens with one attached hydrogen (secondary N) is 1. The van der Waals surface area contributed by atoms with Crippen molar-refractivity contribution < 1.29 is 18.7 Å². The zero-order chi connectivity index (χ0) is 19.9. The summed E-state index contributed by atoms with van der Waals surface area (Å²) in [5, 5.41) is 4.83. The average molecular weight is 378 g/mol. The van der Waals surface area contributed by atoms with Gasteiger partial charge in [0.05, 0.1) is 13.7 Å². The van der Waals surface area contributed by atoms with E-state index in [4.69, 9.17) is 4.74 Å². The molecular formula is C22H19FN2O3. The van der Waals surface area contributed by atoms with E-state index in [1.54, 1.807) is 13.0 Å². The summed E-state index contributed by atoms with van der Waals surface area (Å²) >= 11 is 0. The van der Waals surface area contributed by atoms with Crippen LogP contribution in [0, 0.1) is 5.82 Å². The van der Waals surface area contributed by atoms with Crippen molar-refractivity contribution in [3.63, 3.8) is 0 Å². The number of carbonyl (C=O) groups is 2. The second-order valence-corrected chi connectivity index (χ2v) is 6.98. The predicted molar refractivity (Wildman–Crippen MR) is 103 cm³/mol. The van der Waals surface area contributed by atoms with Gasteiger partial charge in [-0.15, -0.1) is 0 Å². The zero-order valence-corrected chi connectivity index (χ0v) is 15.5. The molecule has 1 fully saturated rings. The number of fused-ring (bicyclic) bond motifs is 1. The van der Waals surface area contributed by atoms with Gasteiger partial charge in [-0.25, -0.2) is 9.18 Å². The normalized spacial score (nSPS) is 19.2. The molecule has 4 rings (SSSR count). The molecule has 1 saturated heterocycles. The minimum absolute atomic E-state index is 0.0191. The Morgan fingerprint density at radius 2 is 1.79 bits per heavy atom. The Kier molecular flexibility index (Phi) is 4.26. The minimum atomic E-state index is -1.17. The maximum absolute atomic E-state index is 14.0. The molecule has 3 amide bonds. The smallest absolute Gasteiger partial charge is 0.325 e. The Hall–Kier alpha value is -3.41. The number of ether oxygens (including phenoxy) is 1. The van der Waals surface area contributed by atoms with Gasteiger partial charge >= 0.3 is 6.03 Å². The summed E-state index contributed by atoms with van der Waals surface area (Å²) in [6, 6.07) is 17.4. The third-order valence-electron chi connectivity index (χ3n) is 5.16. The predicted octanol–water partition coefficient (Wildman–Crippen LogP) is 3.95. The molecule has 3 aromatic carbocycles. The third-order valence-corrected chi connectivity index (χ3v) is 5.16. The van der Waals surface area contributed by atoms with Gasteiger partial charge in [0.15, 0.2) is 11.6 Å². The Bertz CT molecular complexity index is 1100. The van der Waals surface area contributed by atoms with Crippen LogP contribution in [0.25, 0.3) is 10.8 Å². The zero-order valence-electron chi connectivity index (χ0n) is 15.5. The van der Waals surface area contributed by atoms with Crippen LogP contribution in [0.3, 0.4) is 0 Å². The molecule has 3 aromatic rings. The van der Waals surface area contributed by atoms with Gasteiger partial charge in [0.2, 0.25) is 0 Å². The number of urea groups is 1. The van der Waals surface area contributed by atoms with E-state index in [9.17, 15) is 14.0 Å². The van der Waals surface area contributed by atoms with Gasteiger partial charge < -0.3 is 10.1 Å². The van der Waals surface area contributed by atoms with Gasteiger partial charge in [-0.05, 0) is 47.0 Å². The number of imide groups is 1. The number of hydrogen-bond acceptors (Lipinski definition) is 3. The van der Waals surface area contributed by atoms with Crippen molar-refractivity contribution in [2.45, 2.75) is 19.0 Å². The van der Waals surface area contributed by atoms with Crippen LogP contribution in [0.2, 0.25) is 0 Å². The molecule has 28 heavy (non-hydrogen) atoms. The number of carbonyl (C=O) groups excluding carboxylic acids is 2. The number of amides is 3. The van der Waals surface area contributed by atoms with Crippen molar-refractivity contribution >= 4 is 22.7 Å². The molecule has 0 radical (unpaired) electrons. The molecule has 0 aromatic heterocycles. The highest BCUT2D eigenvalue weighted by Gasteiger charge is 2.48. The summed E-state index contributed by atoms with van der Waals surface area (Å²) in [6.45, 7) is 1.67. The van der Waals surface area contributed by atoms with Crippen LogP contribution in [0.1, 0.15) is 18.1 Å². The fourth-order valence-corrected chi connectivity index (χ4v) is 3.53. The molecule has 5 nitrogen and oxygen atoms in total. The Labute approximate surface area is 161 Å². The van der Waals surface area contributed by atoms with Gasteiger partial charge in [-0.3, -0.25) is 9.69 Å². The van der Waals surface area contributed by atoms with E-state index in [0.717, 1.165) is 15.7 Å². The monoisotopic (exact) mass is 378 g/mol. The number of benzene rings is 3. The quantitative estimate of drug-likeness (QED) is 0.700. The van der Waals surface area contributed by atoms with E-state index in [1.165, 1.54) is 19.2 Å². The van der Waals surface area contributed by atoms with Crippen molar-refractivity contribution in [1.82, 2.24) is 10.2 Å². The number of methoxy groups -OCH3 is 1. The number of nitrogens with zero attached hydrogens (tertiary/aromatic N) is 1. The van der Waals surface area contributed by atoms with Crippen molar-refractivity contribution in [2.75, 3.05) is 7.11 Å². The first-order valence-electron chi connectivity index (χ1n) is 8.88. The van der Waals surface area contributed by atoms with E-state index >= 15 is 0 Å². The van der Waals surface area contributed by atoms with Crippen LogP contribution in [0.4, 0.5) is 9.18 Å². The lowest BCUT2D eigenvalue weighted by molar-refractivity contribution is -0.131. The number of rotatable bonds is 4. The lowest BCUT2D eigenvalue weighted by atomic mass is 9.90. The Morgan fingerprint density at radius 3 is 2.50 bits per heavy atom. The summed E-state index contributed by atoms with van der Waals surface area (Å²) < 4.78 is 18.9. The van der Waals surface area contributed by atoms with Crippen LogP contribution in [0.15, 0.2) is 60.7 Å². The average Bonchev–Trinajstić information content (AvgIpc) is 2.92. The SMILES string of the molecule is COc1ccc(CN2C(=O)N[C@](C)(c3ccc4ccccc4c3)C2=O)cc1F. The van der Waals surface area contributed by atoms with Crippen LogP contribution < -0.4 is 10.1 Å². The van der Waals surface area contributed by atoms with Crippen LogP contribution in [-0.2, 0) is 16.9 Å². The van der Waals surface area contributed by atoms with Gasteiger partial charge in [-0.2, -0.15) is 0 Å². The number of hydrogen-bond donors (Lipinski definition) is 1. The molecule has 0 unspecified atom stereocenters. The van der Waals surface area contributed by atoms with E-state index in [-0.39, 0.29) is 18.2 Å². The molecule has 1 aliphatic rings. The molecule has 1 heterocycles. The molecule has 142 valence electrons. The molecule has 1 atom stereocenters. The first-order chi connectivity index (χ1) is 13.4. The third kappa shape index (κ3) is 2.87. The van der Waals surface area contributed by atoms with Crippen molar-refractivity contribution in [3.05, 3.63) is 77.6 Å². The van der Waals surface area contributed by atoms with Gasteiger partial charge in [0.1, 0.15) is 5.54 Å². The Morgan fingerprint density at radius 1 is 1.04 bits per heavy atom. The molecule has 0 bridgehead atoms. The first kappa shape index (κ1) is 18.0. The highest BCUT2D eigenvalue weighted by atomic mass is 19.1. The van der Waals surface area contributed by atoms with E-state index < -0.39 is 17.4 Å². The van der Waals surface area contributed by atoms with E-state index in [1.807, 2.05) is 42.5 Å². The standard InChI is InChI=1S/C22H19FN2O3/c1-22(17-9-8-15-5-3-4-6-16(15)12-17)20(26)25(21(27)24-22)13-14-7-10-19(28-2)18(23)11-14/h3-12H,13H2,1-2H3,(H,24,27)/t22-/m1/s1. The van der Waals surface area contributed by atoms with Crippen molar-refractivity contribution in [2.24, 2.45) is 0 Å². The van der Waals surface area contributed by atoms with Gasteiger partial charge in [0.25, 0.3) is 5.91 Å². The maximum atomic E-state index is 14.0. The molecule has 1 N–H and O–H groups in total. The summed E-state index contributed by atoms with van der Waals surface area (Å²) in [7, 11) is 1.38. The molecule has 0 aliphatic carbocycles. The van der Waals surface area contributed by atoms with Gasteiger partial charge in [0, 0.05) is 0 Å². The first-order valence-corrected chi connectivity index (χ1v) is 8.88. The lowest BCUT2D eigenvalue weighted by Crippen LogP contribution is -2.40. The molecular weight excluding hydrogens is 359 g/mol. The number of halogens is 1. The van der Waals surface area contributed by atoms with Crippen molar-refractivity contribution in [1.29, 1.82) is 0 Å². The summed E-state index contributed by atoms with van der Waals surface area (Å²) in [5.74, 6) is -0.796. The van der Waals surface area contributed by atoms with Crippen LogP contribution in [0.5, 0.6) is 5.75 Å². The van der Waals surface area contributed by atoms with Crippen LogP contribution >= 0.6 is 0 Å². The summed E-state index contributed by atoms with van der Waals surface area (Å²) in [6.07, 6.45) is 0. The summed E-state index contributed by atoms with van der Waals surface area (Å²) in [5.41, 5.74) is 0.0316. The van der Waals surface area contributed by atoms with E-state index in [2.05, 4.69) is 5.32 Å². The molecule has 0 spiro atoms. The fourth-order valence-electron chi connectivity index (χ4n) is 3.53. The highest BCUT2D eigenvalue weighted by Crippen LogP contribution is 2.32. The van der Waals surface area contributed by atoms with Gasteiger partial charge in [-0.1, -0.05) is 42.5 Å². The lowest BCUT2D eigenvalue weighted by Gasteiger charge is -2.23. The molecule has 0 saturated carbocycles. The topological polar surface area (TPSA) is 58.6 Å². The molecule has 1 aliphatic heterocycles. The second-order valence-electron chi connectivity index (χ2n) is 6.98. The minimum Gasteiger partial charge on any atom is -0.494 e. The van der Waals surface area contributed by atoms with Crippen LogP contribution in [-0.4, -0.2) is 23.9 Å². The second kappa shape index (κ2) is 6.64. The fraction of sp³-hybridized carbons (Fsp3) is 0.182. The highest BCUT2D eigenvalue weighted by molar-refractivity contribution is 6.07. The van der Waals surface area contributed by atoms with Crippen molar-refractivity contribution in [3.8, 4) is 5.75 Å². The maximum Gasteiger partial charge on any atom is 0.325 e. The molecule has 6 heteroatoms. The summed E-state index contributed by atoms with van der Waals surface area (Å²) in [4.78, 5) is 26.7.